The van der Waals surface area contributed by atoms with Crippen LogP contribution in [0.5, 0.6) is 0 Å². The van der Waals surface area contributed by atoms with Gasteiger partial charge in [-0.25, -0.2) is 0 Å². The molecule has 1 radical (unpaired) electrons. The highest BCUT2D eigenvalue weighted by Crippen LogP contribution is 2.10. The Kier molecular flexibility index (Phi) is 6.06. The summed E-state index contributed by atoms with van der Waals surface area (Å²) in [7, 11) is 0. The Bertz CT molecular complexity index is 52.5. The minimum absolute atomic E-state index is 0.605. The van der Waals surface area contributed by atoms with E-state index in [-0.39, 0.29) is 0 Å². The van der Waals surface area contributed by atoms with E-state index in [1.807, 2.05) is 0 Å². The van der Waals surface area contributed by atoms with Gasteiger partial charge in [-0.3, -0.25) is 5.73 Å². The van der Waals surface area contributed by atoms with Gasteiger partial charge in [-0.15, -0.1) is 0 Å². The maximum atomic E-state index is 6.93. The van der Waals surface area contributed by atoms with E-state index >= 15 is 0 Å². The third-order valence-electron chi connectivity index (χ3n) is 1.66. The summed E-state index contributed by atoms with van der Waals surface area (Å²) in [4.78, 5) is 0. The zero-order chi connectivity index (χ0) is 7.11. The van der Waals surface area contributed by atoms with Gasteiger partial charge in [0.25, 0.3) is 0 Å². The first-order valence-corrected chi connectivity index (χ1v) is 3.95. The molecule has 0 spiro atoms. The lowest BCUT2D eigenvalue weighted by Crippen LogP contribution is -1.95. The lowest BCUT2D eigenvalue weighted by molar-refractivity contribution is 0.471. The van der Waals surface area contributed by atoms with Gasteiger partial charge in [-0.1, -0.05) is 26.7 Å². The molecule has 0 heterocycles. The first kappa shape index (κ1) is 8.96. The Labute approximate surface area is 58.6 Å². The van der Waals surface area contributed by atoms with Crippen molar-refractivity contribution >= 4 is 0 Å². The summed E-state index contributed by atoms with van der Waals surface area (Å²) in [5.74, 6) is 0.848. The second-order valence-corrected chi connectivity index (χ2v) is 2.79. The Balaban J connectivity index is 2.95. The molecule has 1 nitrogen and oxygen atoms in total. The molecular formula is C8H18N. The van der Waals surface area contributed by atoms with Crippen LogP contribution in [0.2, 0.25) is 0 Å². The van der Waals surface area contributed by atoms with E-state index in [4.69, 9.17) is 5.73 Å². The van der Waals surface area contributed by atoms with Crippen LogP contribution in [-0.2, 0) is 0 Å². The number of hydrogen-bond donors (Lipinski definition) is 0. The van der Waals surface area contributed by atoms with E-state index in [1.165, 1.54) is 19.3 Å². The van der Waals surface area contributed by atoms with Gasteiger partial charge >= 0.3 is 0 Å². The average Bonchev–Trinajstić information content (AvgIpc) is 1.85. The van der Waals surface area contributed by atoms with Crippen molar-refractivity contribution in [2.24, 2.45) is 5.92 Å². The average molecular weight is 128 g/mol. The Morgan fingerprint density at radius 3 is 2.44 bits per heavy atom. The van der Waals surface area contributed by atoms with Crippen molar-refractivity contribution < 1.29 is 0 Å². The van der Waals surface area contributed by atoms with Gasteiger partial charge in [0.2, 0.25) is 0 Å². The van der Waals surface area contributed by atoms with E-state index in [2.05, 4.69) is 13.8 Å². The Hall–Kier alpha value is -0.0400. The zero-order valence-corrected chi connectivity index (χ0v) is 6.61. The van der Waals surface area contributed by atoms with Crippen molar-refractivity contribution in [3.63, 3.8) is 0 Å². The van der Waals surface area contributed by atoms with Crippen LogP contribution in [-0.4, -0.2) is 6.54 Å². The summed E-state index contributed by atoms with van der Waals surface area (Å²) in [5, 5.41) is 0. The highest BCUT2D eigenvalue weighted by Gasteiger charge is 1.97. The predicted octanol–water partition coefficient (Wildman–Crippen LogP) is 2.49. The van der Waals surface area contributed by atoms with Crippen molar-refractivity contribution in [3.05, 3.63) is 0 Å². The molecule has 0 bridgehead atoms. The van der Waals surface area contributed by atoms with Crippen LogP contribution in [0.25, 0.3) is 0 Å². The van der Waals surface area contributed by atoms with Crippen LogP contribution in [0.15, 0.2) is 0 Å². The van der Waals surface area contributed by atoms with Crippen LogP contribution < -0.4 is 5.73 Å². The topological polar surface area (TPSA) is 23.8 Å². The van der Waals surface area contributed by atoms with Gasteiger partial charge in [0.1, 0.15) is 0 Å². The molecule has 9 heavy (non-hydrogen) atoms. The molecular weight excluding hydrogens is 110 g/mol. The molecule has 1 N–H and O–H groups in total. The fourth-order valence-electron chi connectivity index (χ4n) is 1.09. The lowest BCUT2D eigenvalue weighted by Gasteiger charge is -2.06. The SMILES string of the molecule is CCCC(C)CCC[NH]. The summed E-state index contributed by atoms with van der Waals surface area (Å²) >= 11 is 0. The number of hydrogen-bond acceptors (Lipinski definition) is 0. The van der Waals surface area contributed by atoms with Crippen LogP contribution in [0.3, 0.4) is 0 Å². The maximum Gasteiger partial charge on any atom is 0.00998 e. The van der Waals surface area contributed by atoms with Gasteiger partial charge < -0.3 is 0 Å². The van der Waals surface area contributed by atoms with Gasteiger partial charge in [0, 0.05) is 6.54 Å². The summed E-state index contributed by atoms with van der Waals surface area (Å²) in [6, 6.07) is 0. The molecule has 1 heteroatoms. The Morgan fingerprint density at radius 2 is 2.00 bits per heavy atom. The third kappa shape index (κ3) is 5.84. The van der Waals surface area contributed by atoms with Crippen molar-refractivity contribution in [2.45, 2.75) is 39.5 Å². The molecule has 0 saturated carbocycles. The van der Waals surface area contributed by atoms with E-state index in [1.54, 1.807) is 0 Å². The minimum atomic E-state index is 0.605. The van der Waals surface area contributed by atoms with E-state index < -0.39 is 0 Å². The zero-order valence-electron chi connectivity index (χ0n) is 6.61. The number of nitrogens with one attached hydrogen (secondary N) is 1. The van der Waals surface area contributed by atoms with Gasteiger partial charge in [-0.05, 0) is 18.8 Å². The van der Waals surface area contributed by atoms with E-state index in [0.29, 0.717) is 6.54 Å². The molecule has 0 aliphatic rings. The summed E-state index contributed by atoms with van der Waals surface area (Å²) < 4.78 is 0. The predicted molar refractivity (Wildman–Crippen MR) is 41.3 cm³/mol. The standard InChI is InChI=1S/C8H18N/c1-3-5-8(2)6-4-7-9/h8-9H,3-7H2,1-2H3. The normalized spacial score (nSPS) is 13.7. The molecule has 0 aliphatic heterocycles. The van der Waals surface area contributed by atoms with Gasteiger partial charge in [-0.2, -0.15) is 0 Å². The lowest BCUT2D eigenvalue weighted by atomic mass is 10.0. The summed E-state index contributed by atoms with van der Waals surface area (Å²) in [5.41, 5.74) is 6.93. The Morgan fingerprint density at radius 1 is 1.33 bits per heavy atom. The quantitative estimate of drug-likeness (QED) is 0.543. The van der Waals surface area contributed by atoms with E-state index in [0.717, 1.165) is 12.3 Å². The smallest absolute Gasteiger partial charge is 0.00998 e. The highest BCUT2D eigenvalue weighted by molar-refractivity contribution is 4.51. The maximum absolute atomic E-state index is 6.93. The van der Waals surface area contributed by atoms with Gasteiger partial charge in [0.15, 0.2) is 0 Å². The second-order valence-electron chi connectivity index (χ2n) is 2.79. The fraction of sp³-hybridized carbons (Fsp3) is 1.00. The second kappa shape index (κ2) is 6.09. The first-order chi connectivity index (χ1) is 4.31. The molecule has 0 aromatic heterocycles. The molecule has 0 fully saturated rings. The first-order valence-electron chi connectivity index (χ1n) is 3.95. The van der Waals surface area contributed by atoms with Crippen LogP contribution >= 0.6 is 0 Å². The molecule has 0 amide bonds. The van der Waals surface area contributed by atoms with Crippen LogP contribution in [0.1, 0.15) is 39.5 Å². The minimum Gasteiger partial charge on any atom is -0.258 e. The fourth-order valence-corrected chi connectivity index (χ4v) is 1.09. The molecule has 55 valence electrons. The highest BCUT2D eigenvalue weighted by atomic mass is 14.5. The monoisotopic (exact) mass is 128 g/mol. The molecule has 0 aromatic carbocycles. The van der Waals surface area contributed by atoms with Gasteiger partial charge in [0.05, 0.1) is 0 Å². The molecule has 0 saturated heterocycles. The van der Waals surface area contributed by atoms with Crippen LogP contribution in [0, 0.1) is 5.92 Å². The largest absolute Gasteiger partial charge is 0.258 e. The molecule has 0 aromatic rings. The van der Waals surface area contributed by atoms with Crippen molar-refractivity contribution in [1.29, 1.82) is 0 Å². The third-order valence-corrected chi connectivity index (χ3v) is 1.66. The van der Waals surface area contributed by atoms with Crippen LogP contribution in [0.4, 0.5) is 0 Å². The molecule has 1 unspecified atom stereocenters. The van der Waals surface area contributed by atoms with Crippen molar-refractivity contribution in [3.8, 4) is 0 Å². The molecule has 0 rings (SSSR count). The summed E-state index contributed by atoms with van der Waals surface area (Å²) in [6.45, 7) is 5.10. The number of rotatable bonds is 5. The molecule has 1 atom stereocenters. The molecule has 0 aliphatic carbocycles. The van der Waals surface area contributed by atoms with Crippen molar-refractivity contribution in [2.75, 3.05) is 6.54 Å². The van der Waals surface area contributed by atoms with Crippen molar-refractivity contribution in [1.82, 2.24) is 5.73 Å². The summed E-state index contributed by atoms with van der Waals surface area (Å²) in [6.07, 6.45) is 4.96. The van der Waals surface area contributed by atoms with E-state index in [9.17, 15) is 0 Å².